The predicted molar refractivity (Wildman–Crippen MR) is 60.8 cm³/mol. The van der Waals surface area contributed by atoms with Gasteiger partial charge in [0.05, 0.1) is 11.4 Å². The molecule has 14 heavy (non-hydrogen) atoms. The molecular formula is C8H13Br2NO3. The average molecular weight is 331 g/mol. The third-order valence-corrected chi connectivity index (χ3v) is 2.69. The van der Waals surface area contributed by atoms with Gasteiger partial charge in [-0.3, -0.25) is 9.59 Å². The van der Waals surface area contributed by atoms with E-state index in [4.69, 9.17) is 0 Å². The van der Waals surface area contributed by atoms with Crippen molar-refractivity contribution >= 4 is 43.7 Å². The molecule has 6 heteroatoms. The Morgan fingerprint density at radius 2 is 2.14 bits per heavy atom. The molecule has 0 aromatic heterocycles. The Bertz CT molecular complexity index is 199. The zero-order chi connectivity index (χ0) is 11.0. The number of alkyl halides is 2. The van der Waals surface area contributed by atoms with Crippen LogP contribution in [0, 0.1) is 0 Å². The van der Waals surface area contributed by atoms with Crippen LogP contribution in [0.25, 0.3) is 0 Å². The lowest BCUT2D eigenvalue weighted by Gasteiger charge is -2.08. The van der Waals surface area contributed by atoms with Crippen LogP contribution < -0.4 is 5.32 Å². The summed E-state index contributed by atoms with van der Waals surface area (Å²) in [5.41, 5.74) is 0. The maximum atomic E-state index is 11.3. The Morgan fingerprint density at radius 3 is 2.64 bits per heavy atom. The smallest absolute Gasteiger partial charge is 0.325 e. The highest BCUT2D eigenvalue weighted by Crippen LogP contribution is 2.06. The molecule has 4 nitrogen and oxygen atoms in total. The molecule has 0 radical (unpaired) electrons. The second-order valence-corrected chi connectivity index (χ2v) is 4.37. The van der Waals surface area contributed by atoms with E-state index in [1.165, 1.54) is 0 Å². The zero-order valence-electron chi connectivity index (χ0n) is 7.89. The quantitative estimate of drug-likeness (QED) is 0.588. The molecule has 0 aliphatic carbocycles. The van der Waals surface area contributed by atoms with Crippen LogP contribution in [0.3, 0.4) is 0 Å². The largest absolute Gasteiger partial charge is 0.465 e. The number of amides is 1. The van der Waals surface area contributed by atoms with E-state index in [0.717, 1.165) is 5.33 Å². The molecule has 0 rings (SSSR count). The number of hydrogen-bond donors (Lipinski definition) is 1. The first kappa shape index (κ1) is 13.9. The lowest BCUT2D eigenvalue weighted by molar-refractivity contribution is -0.143. The van der Waals surface area contributed by atoms with Crippen LogP contribution >= 0.6 is 31.9 Å². The predicted octanol–water partition coefficient (Wildman–Crippen LogP) is 1.21. The fourth-order valence-electron chi connectivity index (χ4n) is 0.709. The second kappa shape index (κ2) is 8.23. The molecule has 0 fully saturated rings. The van der Waals surface area contributed by atoms with E-state index >= 15 is 0 Å². The number of halogens is 2. The minimum atomic E-state index is -0.417. The summed E-state index contributed by atoms with van der Waals surface area (Å²) in [5.74, 6) is -0.614. The third kappa shape index (κ3) is 6.37. The fraction of sp³-hybridized carbons (Fsp3) is 0.750. The number of rotatable bonds is 6. The van der Waals surface area contributed by atoms with Crippen molar-refractivity contribution in [1.82, 2.24) is 5.32 Å². The summed E-state index contributed by atoms with van der Waals surface area (Å²) >= 11 is 6.42. The molecule has 0 aliphatic rings. The highest BCUT2D eigenvalue weighted by Gasteiger charge is 2.14. The molecular weight excluding hydrogens is 318 g/mol. The molecule has 0 heterocycles. The number of hydrogen-bond acceptors (Lipinski definition) is 3. The van der Waals surface area contributed by atoms with Crippen LogP contribution in [0.15, 0.2) is 0 Å². The molecule has 1 atom stereocenters. The summed E-state index contributed by atoms with van der Waals surface area (Å²) in [5, 5.41) is 3.20. The van der Waals surface area contributed by atoms with Crippen molar-refractivity contribution in [3.63, 3.8) is 0 Å². The van der Waals surface area contributed by atoms with Crippen molar-refractivity contribution < 1.29 is 14.3 Å². The maximum absolute atomic E-state index is 11.3. The van der Waals surface area contributed by atoms with Gasteiger partial charge in [-0.15, -0.1) is 0 Å². The summed E-state index contributed by atoms with van der Waals surface area (Å²) < 4.78 is 4.65. The standard InChI is InChI=1S/C8H13Br2NO3/c1-2-14-7(12)5-11-8(13)6(10)3-4-9/h6H,2-5H2,1H3,(H,11,13)/t6-/m1/s1. The van der Waals surface area contributed by atoms with Gasteiger partial charge in [0.15, 0.2) is 0 Å². The normalized spacial score (nSPS) is 11.9. The van der Waals surface area contributed by atoms with Crippen molar-refractivity contribution in [3.8, 4) is 0 Å². The molecule has 0 saturated heterocycles. The Labute approximate surface area is 100 Å². The lowest BCUT2D eigenvalue weighted by atomic mass is 10.3. The minimum absolute atomic E-state index is 0.0724. The monoisotopic (exact) mass is 329 g/mol. The van der Waals surface area contributed by atoms with Gasteiger partial charge < -0.3 is 10.1 Å². The van der Waals surface area contributed by atoms with Crippen LogP contribution in [0.4, 0.5) is 0 Å². The summed E-state index contributed by atoms with van der Waals surface area (Å²) in [6, 6.07) is 0. The van der Waals surface area contributed by atoms with Gasteiger partial charge in [-0.05, 0) is 13.3 Å². The Kier molecular flexibility index (Phi) is 8.17. The van der Waals surface area contributed by atoms with Gasteiger partial charge in [0.1, 0.15) is 6.54 Å². The van der Waals surface area contributed by atoms with Crippen molar-refractivity contribution in [3.05, 3.63) is 0 Å². The molecule has 0 saturated carbocycles. The second-order valence-electron chi connectivity index (χ2n) is 2.47. The maximum Gasteiger partial charge on any atom is 0.325 e. The average Bonchev–Trinajstić information content (AvgIpc) is 2.15. The number of carbonyl (C=O) groups excluding carboxylic acids is 2. The van der Waals surface area contributed by atoms with E-state index in [1.54, 1.807) is 6.92 Å². The van der Waals surface area contributed by atoms with E-state index < -0.39 is 5.97 Å². The van der Waals surface area contributed by atoms with Crippen molar-refractivity contribution in [2.75, 3.05) is 18.5 Å². The molecule has 82 valence electrons. The number of nitrogens with one attached hydrogen (secondary N) is 1. The molecule has 0 aromatic rings. The van der Waals surface area contributed by atoms with Gasteiger partial charge in [-0.1, -0.05) is 31.9 Å². The Balaban J connectivity index is 3.67. The van der Waals surface area contributed by atoms with Gasteiger partial charge in [-0.2, -0.15) is 0 Å². The first-order valence-electron chi connectivity index (χ1n) is 4.25. The van der Waals surface area contributed by atoms with E-state index in [-0.39, 0.29) is 17.3 Å². The van der Waals surface area contributed by atoms with Crippen molar-refractivity contribution in [1.29, 1.82) is 0 Å². The summed E-state index contributed by atoms with van der Waals surface area (Å²) in [4.78, 5) is 21.9. The summed E-state index contributed by atoms with van der Waals surface area (Å²) in [6.45, 7) is 1.97. The van der Waals surface area contributed by atoms with E-state index in [9.17, 15) is 9.59 Å². The minimum Gasteiger partial charge on any atom is -0.465 e. The van der Waals surface area contributed by atoms with Gasteiger partial charge in [0.25, 0.3) is 0 Å². The van der Waals surface area contributed by atoms with Crippen molar-refractivity contribution in [2.24, 2.45) is 0 Å². The van der Waals surface area contributed by atoms with Crippen molar-refractivity contribution in [2.45, 2.75) is 18.2 Å². The van der Waals surface area contributed by atoms with E-state index in [0.29, 0.717) is 13.0 Å². The molecule has 0 aliphatic heterocycles. The van der Waals surface area contributed by atoms with Gasteiger partial charge in [-0.25, -0.2) is 0 Å². The molecule has 1 N–H and O–H groups in total. The highest BCUT2D eigenvalue weighted by atomic mass is 79.9. The fourth-order valence-corrected chi connectivity index (χ4v) is 2.17. The summed E-state index contributed by atoms with van der Waals surface area (Å²) in [7, 11) is 0. The number of esters is 1. The van der Waals surface area contributed by atoms with Crippen LogP contribution in [0.2, 0.25) is 0 Å². The molecule has 1 amide bonds. The van der Waals surface area contributed by atoms with E-state index in [1.807, 2.05) is 0 Å². The first-order chi connectivity index (χ1) is 6.61. The zero-order valence-corrected chi connectivity index (χ0v) is 11.1. The number of ether oxygens (including phenoxy) is 1. The Hall–Kier alpha value is -0.100. The van der Waals surface area contributed by atoms with Gasteiger partial charge in [0.2, 0.25) is 5.91 Å². The van der Waals surface area contributed by atoms with Crippen LogP contribution in [-0.4, -0.2) is 35.2 Å². The van der Waals surface area contributed by atoms with E-state index in [2.05, 4.69) is 41.9 Å². The lowest BCUT2D eigenvalue weighted by Crippen LogP contribution is -2.35. The molecule has 0 aromatic carbocycles. The topological polar surface area (TPSA) is 55.4 Å². The van der Waals surface area contributed by atoms with Crippen LogP contribution in [0.5, 0.6) is 0 Å². The number of carbonyl (C=O) groups is 2. The Morgan fingerprint density at radius 1 is 1.50 bits per heavy atom. The molecule has 0 bridgehead atoms. The van der Waals surface area contributed by atoms with Crippen LogP contribution in [-0.2, 0) is 14.3 Å². The highest BCUT2D eigenvalue weighted by molar-refractivity contribution is 9.10. The first-order valence-corrected chi connectivity index (χ1v) is 6.28. The SMILES string of the molecule is CCOC(=O)CNC(=O)[C@H](Br)CCBr. The van der Waals surface area contributed by atoms with Crippen LogP contribution in [0.1, 0.15) is 13.3 Å². The van der Waals surface area contributed by atoms with Gasteiger partial charge in [0, 0.05) is 5.33 Å². The van der Waals surface area contributed by atoms with Gasteiger partial charge >= 0.3 is 5.97 Å². The molecule has 0 spiro atoms. The molecule has 0 unspecified atom stereocenters. The summed E-state index contributed by atoms with van der Waals surface area (Å²) in [6.07, 6.45) is 0.675. The third-order valence-electron chi connectivity index (χ3n) is 1.36.